The maximum absolute atomic E-state index is 11.9. The third-order valence-corrected chi connectivity index (χ3v) is 2.80. The maximum atomic E-state index is 11.9. The molecule has 2 aromatic rings. The van der Waals surface area contributed by atoms with Gasteiger partial charge in [0.2, 0.25) is 0 Å². The predicted molar refractivity (Wildman–Crippen MR) is 69.4 cm³/mol. The van der Waals surface area contributed by atoms with E-state index in [4.69, 9.17) is 9.52 Å². The van der Waals surface area contributed by atoms with Gasteiger partial charge in [-0.25, -0.2) is 0 Å². The molecule has 0 unspecified atom stereocenters. The van der Waals surface area contributed by atoms with Crippen molar-refractivity contribution in [1.82, 2.24) is 5.32 Å². The number of furan rings is 1. The zero-order chi connectivity index (χ0) is 13.2. The molecule has 1 aromatic carbocycles. The summed E-state index contributed by atoms with van der Waals surface area (Å²) in [4.78, 5) is 11.9. The SMILES string of the molecule is CC(C)(CO)CNC(=O)c1cc2ccccc2o1. The van der Waals surface area contributed by atoms with Gasteiger partial charge in [0, 0.05) is 24.0 Å². The van der Waals surface area contributed by atoms with E-state index in [-0.39, 0.29) is 17.9 Å². The molecule has 4 nitrogen and oxygen atoms in total. The minimum Gasteiger partial charge on any atom is -0.451 e. The smallest absolute Gasteiger partial charge is 0.287 e. The van der Waals surface area contributed by atoms with E-state index in [1.54, 1.807) is 6.07 Å². The molecule has 0 radical (unpaired) electrons. The monoisotopic (exact) mass is 247 g/mol. The van der Waals surface area contributed by atoms with Crippen LogP contribution in [0.4, 0.5) is 0 Å². The second kappa shape index (κ2) is 4.82. The highest BCUT2D eigenvalue weighted by Crippen LogP contribution is 2.19. The molecular formula is C14H17NO3. The van der Waals surface area contributed by atoms with Crippen LogP contribution in [0.15, 0.2) is 34.7 Å². The molecule has 0 aliphatic heterocycles. The lowest BCUT2D eigenvalue weighted by atomic mass is 9.95. The molecule has 1 aromatic heterocycles. The van der Waals surface area contributed by atoms with Gasteiger partial charge in [0.25, 0.3) is 5.91 Å². The molecule has 0 spiro atoms. The lowest BCUT2D eigenvalue weighted by Gasteiger charge is -2.21. The van der Waals surface area contributed by atoms with Gasteiger partial charge in [-0.2, -0.15) is 0 Å². The van der Waals surface area contributed by atoms with Crippen LogP contribution in [0, 0.1) is 5.41 Å². The zero-order valence-electron chi connectivity index (χ0n) is 10.6. The number of rotatable bonds is 4. The Labute approximate surface area is 106 Å². The number of carbonyl (C=O) groups is 1. The van der Waals surface area contributed by atoms with Gasteiger partial charge in [-0.1, -0.05) is 32.0 Å². The lowest BCUT2D eigenvalue weighted by Crippen LogP contribution is -2.35. The fourth-order valence-corrected chi connectivity index (χ4v) is 1.56. The Kier molecular flexibility index (Phi) is 3.39. The summed E-state index contributed by atoms with van der Waals surface area (Å²) in [5, 5.41) is 12.8. The molecule has 96 valence electrons. The van der Waals surface area contributed by atoms with Crippen LogP contribution >= 0.6 is 0 Å². The first-order valence-corrected chi connectivity index (χ1v) is 5.89. The van der Waals surface area contributed by atoms with Crippen LogP contribution in [0.2, 0.25) is 0 Å². The average molecular weight is 247 g/mol. The van der Waals surface area contributed by atoms with Crippen LogP contribution in [0.25, 0.3) is 11.0 Å². The highest BCUT2D eigenvalue weighted by atomic mass is 16.3. The summed E-state index contributed by atoms with van der Waals surface area (Å²) in [6.07, 6.45) is 0. The van der Waals surface area contributed by atoms with Crippen molar-refractivity contribution in [2.75, 3.05) is 13.2 Å². The molecule has 0 aliphatic carbocycles. The molecule has 1 amide bonds. The molecule has 2 N–H and O–H groups in total. The summed E-state index contributed by atoms with van der Waals surface area (Å²) in [5.74, 6) is 0.0395. The number of para-hydroxylation sites is 1. The number of hydrogen-bond donors (Lipinski definition) is 2. The van der Waals surface area contributed by atoms with Crippen LogP contribution in [-0.4, -0.2) is 24.2 Å². The van der Waals surface area contributed by atoms with Crippen molar-refractivity contribution in [2.24, 2.45) is 5.41 Å². The summed E-state index contributed by atoms with van der Waals surface area (Å²) in [7, 11) is 0. The topological polar surface area (TPSA) is 62.5 Å². The number of carbonyl (C=O) groups excluding carboxylic acids is 1. The van der Waals surface area contributed by atoms with E-state index in [0.717, 1.165) is 5.39 Å². The summed E-state index contributed by atoms with van der Waals surface area (Å²) >= 11 is 0. The third-order valence-electron chi connectivity index (χ3n) is 2.80. The normalized spacial score (nSPS) is 11.7. The summed E-state index contributed by atoms with van der Waals surface area (Å²) in [5.41, 5.74) is 0.367. The summed E-state index contributed by atoms with van der Waals surface area (Å²) in [6.45, 7) is 4.19. The molecule has 2 rings (SSSR count). The van der Waals surface area contributed by atoms with Crippen molar-refractivity contribution in [2.45, 2.75) is 13.8 Å². The van der Waals surface area contributed by atoms with Crippen LogP contribution in [0.5, 0.6) is 0 Å². The van der Waals surface area contributed by atoms with Crippen molar-refractivity contribution in [3.05, 3.63) is 36.1 Å². The van der Waals surface area contributed by atoms with E-state index in [1.807, 2.05) is 38.1 Å². The fourth-order valence-electron chi connectivity index (χ4n) is 1.56. The second-order valence-electron chi connectivity index (χ2n) is 5.15. The van der Waals surface area contributed by atoms with E-state index < -0.39 is 0 Å². The minimum absolute atomic E-state index is 0.0212. The van der Waals surface area contributed by atoms with E-state index in [9.17, 15) is 4.79 Å². The number of fused-ring (bicyclic) bond motifs is 1. The van der Waals surface area contributed by atoms with E-state index in [2.05, 4.69) is 5.32 Å². The first-order valence-electron chi connectivity index (χ1n) is 5.89. The Morgan fingerprint density at radius 1 is 1.39 bits per heavy atom. The van der Waals surface area contributed by atoms with E-state index >= 15 is 0 Å². The number of nitrogens with one attached hydrogen (secondary N) is 1. The molecule has 0 atom stereocenters. The van der Waals surface area contributed by atoms with Gasteiger partial charge < -0.3 is 14.8 Å². The fraction of sp³-hybridized carbons (Fsp3) is 0.357. The molecule has 0 fully saturated rings. The second-order valence-corrected chi connectivity index (χ2v) is 5.15. The van der Waals surface area contributed by atoms with E-state index in [0.29, 0.717) is 17.9 Å². The predicted octanol–water partition coefficient (Wildman–Crippen LogP) is 2.18. The Balaban J connectivity index is 2.09. The van der Waals surface area contributed by atoms with E-state index in [1.165, 1.54) is 0 Å². The molecule has 18 heavy (non-hydrogen) atoms. The highest BCUT2D eigenvalue weighted by Gasteiger charge is 2.19. The van der Waals surface area contributed by atoms with Crippen molar-refractivity contribution < 1.29 is 14.3 Å². The standard InChI is InChI=1S/C14H17NO3/c1-14(2,9-16)8-15-13(17)12-7-10-5-3-4-6-11(10)18-12/h3-7,16H,8-9H2,1-2H3,(H,15,17). The Morgan fingerprint density at radius 3 is 2.78 bits per heavy atom. The molecule has 0 saturated heterocycles. The number of aliphatic hydroxyl groups excluding tert-OH is 1. The maximum Gasteiger partial charge on any atom is 0.287 e. The zero-order valence-corrected chi connectivity index (χ0v) is 10.6. The third kappa shape index (κ3) is 2.71. The number of aliphatic hydroxyl groups is 1. The van der Waals surface area contributed by atoms with Crippen LogP contribution in [0.3, 0.4) is 0 Å². The Hall–Kier alpha value is -1.81. The van der Waals surface area contributed by atoms with Crippen molar-refractivity contribution in [1.29, 1.82) is 0 Å². The van der Waals surface area contributed by atoms with Crippen LogP contribution < -0.4 is 5.32 Å². The molecule has 0 bridgehead atoms. The Bertz CT molecular complexity index is 524. The van der Waals surface area contributed by atoms with Gasteiger partial charge in [-0.05, 0) is 12.1 Å². The van der Waals surface area contributed by atoms with Gasteiger partial charge in [0.15, 0.2) is 5.76 Å². The van der Waals surface area contributed by atoms with Gasteiger partial charge >= 0.3 is 0 Å². The lowest BCUT2D eigenvalue weighted by molar-refractivity contribution is 0.0886. The van der Waals surface area contributed by atoms with Gasteiger partial charge in [0.05, 0.1) is 0 Å². The van der Waals surface area contributed by atoms with Crippen molar-refractivity contribution in [3.63, 3.8) is 0 Å². The molecule has 0 saturated carbocycles. The molecule has 4 heteroatoms. The molecular weight excluding hydrogens is 230 g/mol. The summed E-state index contributed by atoms with van der Waals surface area (Å²) in [6, 6.07) is 9.20. The van der Waals surface area contributed by atoms with Crippen LogP contribution in [0.1, 0.15) is 24.4 Å². The molecule has 1 heterocycles. The van der Waals surface area contributed by atoms with Gasteiger partial charge in [-0.15, -0.1) is 0 Å². The number of amides is 1. The average Bonchev–Trinajstić information content (AvgIpc) is 2.80. The Morgan fingerprint density at radius 2 is 2.11 bits per heavy atom. The largest absolute Gasteiger partial charge is 0.451 e. The van der Waals surface area contributed by atoms with Gasteiger partial charge in [0.1, 0.15) is 5.58 Å². The first kappa shape index (κ1) is 12.6. The minimum atomic E-state index is -0.332. The summed E-state index contributed by atoms with van der Waals surface area (Å²) < 4.78 is 5.45. The van der Waals surface area contributed by atoms with Gasteiger partial charge in [-0.3, -0.25) is 4.79 Å². The number of hydrogen-bond acceptors (Lipinski definition) is 3. The first-order chi connectivity index (χ1) is 8.52. The van der Waals surface area contributed by atoms with Crippen molar-refractivity contribution in [3.8, 4) is 0 Å². The highest BCUT2D eigenvalue weighted by molar-refractivity contribution is 5.96. The number of benzene rings is 1. The quantitative estimate of drug-likeness (QED) is 0.870. The van der Waals surface area contributed by atoms with Crippen molar-refractivity contribution >= 4 is 16.9 Å². The molecule has 0 aliphatic rings. The van der Waals surface area contributed by atoms with Crippen LogP contribution in [-0.2, 0) is 0 Å².